The molecule has 0 spiro atoms. The van der Waals surface area contributed by atoms with Crippen LogP contribution in [-0.4, -0.2) is 18.3 Å². The first-order valence-electron chi connectivity index (χ1n) is 5.02. The maximum Gasteiger partial charge on any atom is 0.119 e. The van der Waals surface area contributed by atoms with E-state index in [4.69, 9.17) is 9.84 Å². The minimum atomic E-state index is 0.204. The lowest BCUT2D eigenvalue weighted by atomic mass is 10.00. The number of ether oxygens (including phenoxy) is 1. The van der Waals surface area contributed by atoms with E-state index in [0.29, 0.717) is 6.61 Å². The van der Waals surface area contributed by atoms with Gasteiger partial charge in [0.2, 0.25) is 0 Å². The van der Waals surface area contributed by atoms with Crippen molar-refractivity contribution < 1.29 is 9.84 Å². The Kier molecular flexibility index (Phi) is 3.96. The smallest absolute Gasteiger partial charge is 0.119 e. The Balaban J connectivity index is 2.98. The molecule has 78 valence electrons. The van der Waals surface area contributed by atoms with Crippen LogP contribution in [0.4, 0.5) is 0 Å². The Labute approximate surface area is 85.5 Å². The molecular weight excluding hydrogens is 176 g/mol. The molecule has 1 N–H and O–H groups in total. The van der Waals surface area contributed by atoms with Crippen LogP contribution >= 0.6 is 0 Å². The standard InChI is InChI=1S/C12H18O2/c1-4-14-11-7-9(2)12(5-6-13)10(3)8-11/h7-8,13H,4-6H2,1-3H3. The molecule has 0 bridgehead atoms. The van der Waals surface area contributed by atoms with Gasteiger partial charge >= 0.3 is 0 Å². The van der Waals surface area contributed by atoms with Crippen molar-refractivity contribution >= 4 is 0 Å². The van der Waals surface area contributed by atoms with Crippen molar-refractivity contribution in [2.24, 2.45) is 0 Å². The largest absolute Gasteiger partial charge is 0.494 e. The zero-order valence-corrected chi connectivity index (χ0v) is 9.13. The first kappa shape index (κ1) is 11.1. The molecule has 0 unspecified atom stereocenters. The number of hydrogen-bond donors (Lipinski definition) is 1. The molecule has 1 rings (SSSR count). The van der Waals surface area contributed by atoms with Gasteiger partial charge < -0.3 is 9.84 Å². The second-order valence-corrected chi connectivity index (χ2v) is 3.44. The third-order valence-electron chi connectivity index (χ3n) is 2.34. The van der Waals surface area contributed by atoms with Gasteiger partial charge in [-0.25, -0.2) is 0 Å². The molecule has 0 radical (unpaired) electrons. The second kappa shape index (κ2) is 5.01. The lowest BCUT2D eigenvalue weighted by Gasteiger charge is -2.11. The first-order valence-corrected chi connectivity index (χ1v) is 5.02. The number of aliphatic hydroxyl groups is 1. The maximum absolute atomic E-state index is 8.91. The molecular formula is C12H18O2. The third kappa shape index (κ3) is 2.48. The highest BCUT2D eigenvalue weighted by Crippen LogP contribution is 2.22. The highest BCUT2D eigenvalue weighted by atomic mass is 16.5. The van der Waals surface area contributed by atoms with Crippen LogP contribution in [-0.2, 0) is 6.42 Å². The Bertz CT molecular complexity index is 282. The zero-order chi connectivity index (χ0) is 10.6. The van der Waals surface area contributed by atoms with E-state index in [1.807, 2.05) is 19.1 Å². The van der Waals surface area contributed by atoms with Gasteiger partial charge in [0.05, 0.1) is 6.61 Å². The van der Waals surface area contributed by atoms with Crippen LogP contribution in [0.1, 0.15) is 23.6 Å². The van der Waals surface area contributed by atoms with Crippen LogP contribution in [0.5, 0.6) is 5.75 Å². The average molecular weight is 194 g/mol. The SMILES string of the molecule is CCOc1cc(C)c(CCO)c(C)c1. The molecule has 2 nitrogen and oxygen atoms in total. The summed E-state index contributed by atoms with van der Waals surface area (Å²) in [6.07, 6.45) is 0.726. The normalized spacial score (nSPS) is 10.3. The van der Waals surface area contributed by atoms with Crippen LogP contribution in [0, 0.1) is 13.8 Å². The van der Waals surface area contributed by atoms with E-state index in [2.05, 4.69) is 13.8 Å². The summed E-state index contributed by atoms with van der Waals surface area (Å²) in [5.74, 6) is 0.921. The first-order chi connectivity index (χ1) is 6.69. The highest BCUT2D eigenvalue weighted by molar-refractivity contribution is 5.41. The Morgan fingerprint density at radius 3 is 2.21 bits per heavy atom. The number of aryl methyl sites for hydroxylation is 2. The molecule has 0 aromatic heterocycles. The molecule has 14 heavy (non-hydrogen) atoms. The lowest BCUT2D eigenvalue weighted by Crippen LogP contribution is -2.00. The maximum atomic E-state index is 8.91. The van der Waals surface area contributed by atoms with Crippen LogP contribution in [0.3, 0.4) is 0 Å². The van der Waals surface area contributed by atoms with Gasteiger partial charge in [-0.05, 0) is 56.0 Å². The summed E-state index contributed by atoms with van der Waals surface area (Å²) >= 11 is 0. The van der Waals surface area contributed by atoms with Gasteiger partial charge in [0.25, 0.3) is 0 Å². The predicted octanol–water partition coefficient (Wildman–Crippen LogP) is 2.24. The highest BCUT2D eigenvalue weighted by Gasteiger charge is 2.04. The number of aliphatic hydroxyl groups excluding tert-OH is 1. The van der Waals surface area contributed by atoms with E-state index < -0.39 is 0 Å². The van der Waals surface area contributed by atoms with Crippen LogP contribution in [0.15, 0.2) is 12.1 Å². The monoisotopic (exact) mass is 194 g/mol. The summed E-state index contributed by atoms with van der Waals surface area (Å²) in [7, 11) is 0. The van der Waals surface area contributed by atoms with Crippen molar-refractivity contribution in [1.82, 2.24) is 0 Å². The van der Waals surface area contributed by atoms with Gasteiger partial charge in [-0.15, -0.1) is 0 Å². The Morgan fingerprint density at radius 1 is 1.21 bits per heavy atom. The minimum absolute atomic E-state index is 0.204. The van der Waals surface area contributed by atoms with Gasteiger partial charge in [-0.1, -0.05) is 0 Å². The summed E-state index contributed by atoms with van der Waals surface area (Å²) in [5.41, 5.74) is 3.63. The molecule has 0 amide bonds. The van der Waals surface area contributed by atoms with Gasteiger partial charge in [0.15, 0.2) is 0 Å². The Morgan fingerprint density at radius 2 is 1.79 bits per heavy atom. The number of benzene rings is 1. The zero-order valence-electron chi connectivity index (χ0n) is 9.13. The molecule has 0 fully saturated rings. The molecule has 0 atom stereocenters. The van der Waals surface area contributed by atoms with Crippen LogP contribution < -0.4 is 4.74 Å². The molecule has 0 saturated carbocycles. The Hall–Kier alpha value is -1.02. The molecule has 1 aromatic rings. The van der Waals surface area contributed by atoms with E-state index >= 15 is 0 Å². The topological polar surface area (TPSA) is 29.5 Å². The van der Waals surface area contributed by atoms with E-state index in [0.717, 1.165) is 12.2 Å². The van der Waals surface area contributed by atoms with E-state index in [1.165, 1.54) is 16.7 Å². The van der Waals surface area contributed by atoms with Crippen molar-refractivity contribution in [3.05, 3.63) is 28.8 Å². The average Bonchev–Trinajstić information content (AvgIpc) is 2.12. The van der Waals surface area contributed by atoms with Crippen molar-refractivity contribution in [3.8, 4) is 5.75 Å². The van der Waals surface area contributed by atoms with E-state index in [9.17, 15) is 0 Å². The summed E-state index contributed by atoms with van der Waals surface area (Å²) in [6, 6.07) is 4.06. The van der Waals surface area contributed by atoms with Crippen molar-refractivity contribution in [3.63, 3.8) is 0 Å². The molecule has 2 heteroatoms. The second-order valence-electron chi connectivity index (χ2n) is 3.44. The van der Waals surface area contributed by atoms with Crippen molar-refractivity contribution in [2.75, 3.05) is 13.2 Å². The predicted molar refractivity (Wildman–Crippen MR) is 57.9 cm³/mol. The fraction of sp³-hybridized carbons (Fsp3) is 0.500. The van der Waals surface area contributed by atoms with Crippen molar-refractivity contribution in [1.29, 1.82) is 0 Å². The fourth-order valence-corrected chi connectivity index (χ4v) is 1.71. The van der Waals surface area contributed by atoms with E-state index in [1.54, 1.807) is 0 Å². The number of rotatable bonds is 4. The molecule has 0 heterocycles. The molecule has 0 aliphatic rings. The van der Waals surface area contributed by atoms with E-state index in [-0.39, 0.29) is 6.61 Å². The molecule has 0 aliphatic heterocycles. The van der Waals surface area contributed by atoms with Crippen LogP contribution in [0.2, 0.25) is 0 Å². The van der Waals surface area contributed by atoms with Gasteiger partial charge in [-0.2, -0.15) is 0 Å². The number of hydrogen-bond acceptors (Lipinski definition) is 2. The lowest BCUT2D eigenvalue weighted by molar-refractivity contribution is 0.299. The summed E-state index contributed by atoms with van der Waals surface area (Å²) in [6.45, 7) is 6.99. The van der Waals surface area contributed by atoms with Gasteiger partial charge in [0, 0.05) is 6.61 Å². The van der Waals surface area contributed by atoms with Crippen molar-refractivity contribution in [2.45, 2.75) is 27.2 Å². The molecule has 0 aliphatic carbocycles. The summed E-state index contributed by atoms with van der Waals surface area (Å²) in [4.78, 5) is 0. The molecule has 0 saturated heterocycles. The molecule has 1 aromatic carbocycles. The van der Waals surface area contributed by atoms with Gasteiger partial charge in [-0.3, -0.25) is 0 Å². The van der Waals surface area contributed by atoms with Crippen LogP contribution in [0.25, 0.3) is 0 Å². The minimum Gasteiger partial charge on any atom is -0.494 e. The fourth-order valence-electron chi connectivity index (χ4n) is 1.71. The quantitative estimate of drug-likeness (QED) is 0.796. The summed E-state index contributed by atoms with van der Waals surface area (Å²) < 4.78 is 5.44. The third-order valence-corrected chi connectivity index (χ3v) is 2.34. The van der Waals surface area contributed by atoms with Gasteiger partial charge in [0.1, 0.15) is 5.75 Å². The summed E-state index contributed by atoms with van der Waals surface area (Å²) in [5, 5.41) is 8.91.